The van der Waals surface area contributed by atoms with Gasteiger partial charge in [0.25, 0.3) is 0 Å². The number of benzene rings is 1. The van der Waals surface area contributed by atoms with Gasteiger partial charge in [0.1, 0.15) is 0 Å². The number of aliphatic hydroxyl groups is 1. The molecule has 1 aromatic carbocycles. The molecule has 0 aromatic heterocycles. The Labute approximate surface area is 124 Å². The van der Waals surface area contributed by atoms with Gasteiger partial charge in [-0.3, -0.25) is 0 Å². The zero-order valence-corrected chi connectivity index (χ0v) is 11.8. The van der Waals surface area contributed by atoms with Crippen LogP contribution >= 0.6 is 0 Å². The van der Waals surface area contributed by atoms with Crippen LogP contribution < -0.4 is 0 Å². The summed E-state index contributed by atoms with van der Waals surface area (Å²) >= 11 is 0. The van der Waals surface area contributed by atoms with Crippen LogP contribution in [0.4, 0.5) is 0 Å². The number of fused-ring (bicyclic) bond motifs is 1. The summed E-state index contributed by atoms with van der Waals surface area (Å²) in [6, 6.07) is 8.19. The van der Waals surface area contributed by atoms with Gasteiger partial charge in [0, 0.05) is 17.4 Å². The normalized spacial score (nSPS) is 18.1. The van der Waals surface area contributed by atoms with Gasteiger partial charge in [-0.2, -0.15) is 0 Å². The zero-order valence-electron chi connectivity index (χ0n) is 10.5. The third kappa shape index (κ3) is 7.18. The maximum Gasteiger partial charge on any atom is 0 e. The van der Waals surface area contributed by atoms with E-state index in [2.05, 4.69) is 26.0 Å². The second kappa shape index (κ2) is 13.4. The summed E-state index contributed by atoms with van der Waals surface area (Å²) in [6.45, 7) is 15.4. The maximum atomic E-state index is 10.0. The quantitative estimate of drug-likeness (QED) is 0.577. The molecule has 2 rings (SSSR count). The summed E-state index contributed by atoms with van der Waals surface area (Å²) in [4.78, 5) is 0. The molecule has 0 saturated heterocycles. The number of aryl methyl sites for hydroxylation is 1. The molecule has 5 heteroatoms. The Morgan fingerprint density at radius 1 is 1.05 bits per heavy atom. The van der Waals surface area contributed by atoms with Crippen molar-refractivity contribution in [3.05, 3.63) is 55.3 Å². The van der Waals surface area contributed by atoms with Gasteiger partial charge in [0.2, 0.25) is 0 Å². The van der Waals surface area contributed by atoms with Crippen molar-refractivity contribution in [2.24, 2.45) is 0 Å². The van der Waals surface area contributed by atoms with Crippen LogP contribution in [0, 0.1) is 20.0 Å². The van der Waals surface area contributed by atoms with Crippen molar-refractivity contribution < 1.29 is 36.4 Å². The van der Waals surface area contributed by atoms with Gasteiger partial charge in [-0.05, 0) is 37.3 Å². The predicted octanol–water partition coefficient (Wildman–Crippen LogP) is 2.12. The van der Waals surface area contributed by atoms with E-state index in [1.165, 1.54) is 5.56 Å². The topological polar surface area (TPSA) is 79.9 Å². The summed E-state index contributed by atoms with van der Waals surface area (Å²) < 4.78 is 22.5. The van der Waals surface area contributed by atoms with Gasteiger partial charge in [-0.15, -0.1) is 0 Å². The molecule has 0 aliphatic heterocycles. The van der Waals surface area contributed by atoms with E-state index in [1.807, 2.05) is 25.1 Å². The molecule has 100 valence electrons. The largest absolute Gasteiger partial charge is 0 e. The third-order valence-corrected chi connectivity index (χ3v) is 2.71. The summed E-state index contributed by atoms with van der Waals surface area (Å²) in [7, 11) is 0. The monoisotopic (exact) mass is 298 g/mol. The Balaban J connectivity index is -0.000000325. The molecule has 1 aliphatic carbocycles. The van der Waals surface area contributed by atoms with E-state index >= 15 is 0 Å². The first-order valence-electron chi connectivity index (χ1n) is 5.12. The molecule has 19 heavy (non-hydrogen) atoms. The van der Waals surface area contributed by atoms with E-state index < -0.39 is 5.60 Å². The Morgan fingerprint density at radius 3 is 2.00 bits per heavy atom. The minimum atomic E-state index is -0.588. The van der Waals surface area contributed by atoms with E-state index in [4.69, 9.17) is 14.0 Å². The molecule has 0 fully saturated rings. The molecule has 0 spiro atoms. The van der Waals surface area contributed by atoms with E-state index in [-0.39, 0.29) is 17.4 Å². The fraction of sp³-hybridized carbons (Fsp3) is 0.357. The Morgan fingerprint density at radius 2 is 1.53 bits per heavy atom. The first-order valence-corrected chi connectivity index (χ1v) is 5.12. The van der Waals surface area contributed by atoms with Crippen LogP contribution in [0.25, 0.3) is 0 Å². The van der Waals surface area contributed by atoms with Gasteiger partial charge < -0.3 is 5.11 Å². The molecule has 0 saturated carbocycles. The second-order valence-corrected chi connectivity index (χ2v) is 3.78. The predicted molar refractivity (Wildman–Crippen MR) is 60.7 cm³/mol. The molecular formula is C14H14CrO4. The first kappa shape index (κ1) is 23.1. The van der Waals surface area contributed by atoms with Crippen LogP contribution in [0.3, 0.4) is 0 Å². The standard InChI is InChI=1S/C11H14O.3CO.Cr/c1-11(12)8-4-6-9-5-2-3-7-10(9)11;3*1-2;/h2-3,5,7,12H,4,6,8H2,1H3;;;;/t11-;;;;/m1..../s1. The number of hydrogen-bond acceptors (Lipinski definition) is 1. The van der Waals surface area contributed by atoms with Crippen LogP contribution in [0.5, 0.6) is 0 Å². The van der Waals surface area contributed by atoms with Crippen molar-refractivity contribution in [3.8, 4) is 0 Å². The van der Waals surface area contributed by atoms with Crippen molar-refractivity contribution in [3.63, 3.8) is 0 Å². The summed E-state index contributed by atoms with van der Waals surface area (Å²) in [5.74, 6) is 0. The average Bonchev–Trinajstić information content (AvgIpc) is 2.45. The smallest absolute Gasteiger partial charge is 0 e. The Kier molecular flexibility index (Phi) is 16.2. The summed E-state index contributed by atoms with van der Waals surface area (Å²) in [5, 5.41) is 10.0. The molecule has 1 aromatic rings. The molecular weight excluding hydrogens is 284 g/mol. The molecule has 1 N–H and O–H groups in total. The molecule has 0 bridgehead atoms. The third-order valence-electron chi connectivity index (χ3n) is 2.71. The Hall–Kier alpha value is -1.07. The molecule has 0 amide bonds. The SMILES string of the molecule is C[C@@]1(O)CCCc2ccccc21.[C-]#[O+].[C-]#[O+].[C-]#[O+].[Cr]. The van der Waals surface area contributed by atoms with Gasteiger partial charge in [0.05, 0.1) is 5.60 Å². The number of hydrogen-bond donors (Lipinski definition) is 1. The first-order chi connectivity index (χ1) is 8.70. The van der Waals surface area contributed by atoms with Gasteiger partial charge in [-0.1, -0.05) is 24.3 Å². The van der Waals surface area contributed by atoms with Gasteiger partial charge in [-0.25, -0.2) is 0 Å². The van der Waals surface area contributed by atoms with Crippen LogP contribution in [0.15, 0.2) is 24.3 Å². The minimum Gasteiger partial charge on any atom is 0 e. The van der Waals surface area contributed by atoms with Crippen molar-refractivity contribution >= 4 is 0 Å². The van der Waals surface area contributed by atoms with E-state index in [1.54, 1.807) is 0 Å². The van der Waals surface area contributed by atoms with Crippen molar-refractivity contribution in [2.75, 3.05) is 0 Å². The average molecular weight is 298 g/mol. The Bertz CT molecular complexity index is 393. The second-order valence-electron chi connectivity index (χ2n) is 3.78. The van der Waals surface area contributed by atoms with Crippen LogP contribution in [0.2, 0.25) is 0 Å². The van der Waals surface area contributed by atoms with Crippen LogP contribution in [-0.2, 0) is 43.3 Å². The molecule has 4 nitrogen and oxygen atoms in total. The number of rotatable bonds is 0. The van der Waals surface area contributed by atoms with E-state index in [0.29, 0.717) is 0 Å². The zero-order chi connectivity index (χ0) is 14.6. The molecule has 0 unspecified atom stereocenters. The van der Waals surface area contributed by atoms with E-state index in [9.17, 15) is 5.11 Å². The van der Waals surface area contributed by atoms with Gasteiger partial charge >= 0.3 is 33.9 Å². The molecule has 0 heterocycles. The van der Waals surface area contributed by atoms with Crippen molar-refractivity contribution in [1.29, 1.82) is 0 Å². The summed E-state index contributed by atoms with van der Waals surface area (Å²) in [6.07, 6.45) is 3.11. The maximum absolute atomic E-state index is 10.0. The van der Waals surface area contributed by atoms with Crippen LogP contribution in [0.1, 0.15) is 30.9 Å². The van der Waals surface area contributed by atoms with Crippen molar-refractivity contribution in [1.82, 2.24) is 0 Å². The molecule has 1 aliphatic rings. The fourth-order valence-corrected chi connectivity index (χ4v) is 2.02. The summed E-state index contributed by atoms with van der Waals surface area (Å²) in [5.41, 5.74) is 1.85. The fourth-order valence-electron chi connectivity index (χ4n) is 2.02. The van der Waals surface area contributed by atoms with Crippen molar-refractivity contribution in [2.45, 2.75) is 31.8 Å². The molecule has 1 atom stereocenters. The van der Waals surface area contributed by atoms with Crippen LogP contribution in [-0.4, -0.2) is 5.11 Å². The van der Waals surface area contributed by atoms with E-state index in [0.717, 1.165) is 24.8 Å². The van der Waals surface area contributed by atoms with Gasteiger partial charge in [0.15, 0.2) is 0 Å². The minimum absolute atomic E-state index is 0. The molecule has 0 radical (unpaired) electrons.